The molecule has 0 aliphatic carbocycles. The van der Waals surface area contributed by atoms with Gasteiger partial charge >= 0.3 is 0 Å². The van der Waals surface area contributed by atoms with Gasteiger partial charge in [0.25, 0.3) is 0 Å². The van der Waals surface area contributed by atoms with E-state index in [-0.39, 0.29) is 6.10 Å². The van der Waals surface area contributed by atoms with E-state index in [0.29, 0.717) is 17.5 Å². The van der Waals surface area contributed by atoms with Crippen molar-refractivity contribution < 1.29 is 4.74 Å². The molecule has 0 atom stereocenters. The van der Waals surface area contributed by atoms with E-state index in [4.69, 9.17) is 10.00 Å². The number of nitrogens with zero attached hydrogens (tertiary/aromatic N) is 7. The van der Waals surface area contributed by atoms with Gasteiger partial charge < -0.3 is 9.64 Å². The average molecular weight is 321 g/mol. The van der Waals surface area contributed by atoms with Gasteiger partial charge in [-0.3, -0.25) is 0 Å². The SMILES string of the molecule is N#Cc1ccnc(N2CCC(Oc3ccn4nccc4n3)CC2)n1. The van der Waals surface area contributed by atoms with E-state index >= 15 is 0 Å². The summed E-state index contributed by atoms with van der Waals surface area (Å²) in [6.07, 6.45) is 6.99. The number of aromatic nitrogens is 5. The second-order valence-electron chi connectivity index (χ2n) is 5.56. The molecule has 1 saturated heterocycles. The van der Waals surface area contributed by atoms with Crippen LogP contribution in [0.3, 0.4) is 0 Å². The maximum absolute atomic E-state index is 8.93. The molecule has 24 heavy (non-hydrogen) atoms. The molecule has 0 N–H and O–H groups in total. The van der Waals surface area contributed by atoms with Crippen LogP contribution in [-0.2, 0) is 0 Å². The van der Waals surface area contributed by atoms with Crippen molar-refractivity contribution >= 4 is 11.6 Å². The van der Waals surface area contributed by atoms with Gasteiger partial charge in [-0.2, -0.15) is 15.3 Å². The van der Waals surface area contributed by atoms with Crippen molar-refractivity contribution in [3.05, 3.63) is 42.5 Å². The number of hydrogen-bond acceptors (Lipinski definition) is 7. The molecule has 120 valence electrons. The Balaban J connectivity index is 1.39. The predicted molar refractivity (Wildman–Crippen MR) is 85.6 cm³/mol. The molecule has 0 spiro atoms. The molecule has 0 aromatic carbocycles. The summed E-state index contributed by atoms with van der Waals surface area (Å²) in [5, 5.41) is 13.1. The summed E-state index contributed by atoms with van der Waals surface area (Å²) < 4.78 is 7.69. The molecular weight excluding hydrogens is 306 g/mol. The third-order valence-electron chi connectivity index (χ3n) is 4.00. The van der Waals surface area contributed by atoms with Crippen LogP contribution < -0.4 is 9.64 Å². The minimum atomic E-state index is 0.110. The molecule has 1 aliphatic heterocycles. The van der Waals surface area contributed by atoms with Crippen LogP contribution in [-0.4, -0.2) is 43.8 Å². The molecule has 8 nitrogen and oxygen atoms in total. The van der Waals surface area contributed by atoms with Gasteiger partial charge in [0.2, 0.25) is 11.8 Å². The molecule has 0 unspecified atom stereocenters. The van der Waals surface area contributed by atoms with Crippen LogP contribution >= 0.6 is 0 Å². The first kappa shape index (κ1) is 14.4. The lowest BCUT2D eigenvalue weighted by Gasteiger charge is -2.31. The minimum absolute atomic E-state index is 0.110. The lowest BCUT2D eigenvalue weighted by molar-refractivity contribution is 0.163. The highest BCUT2D eigenvalue weighted by Crippen LogP contribution is 2.20. The summed E-state index contributed by atoms with van der Waals surface area (Å²) in [6, 6.07) is 7.32. The highest BCUT2D eigenvalue weighted by molar-refractivity contribution is 5.38. The van der Waals surface area contributed by atoms with Crippen LogP contribution in [0, 0.1) is 11.3 Å². The Bertz CT molecular complexity index is 893. The third kappa shape index (κ3) is 2.84. The molecule has 0 bridgehead atoms. The molecule has 1 aliphatic rings. The molecule has 8 heteroatoms. The van der Waals surface area contributed by atoms with Gasteiger partial charge in [-0.25, -0.2) is 14.5 Å². The summed E-state index contributed by atoms with van der Waals surface area (Å²) >= 11 is 0. The van der Waals surface area contributed by atoms with Gasteiger partial charge in [-0.15, -0.1) is 0 Å². The summed E-state index contributed by atoms with van der Waals surface area (Å²) in [7, 11) is 0. The highest BCUT2D eigenvalue weighted by Gasteiger charge is 2.22. The molecule has 0 saturated carbocycles. The molecule has 0 amide bonds. The maximum Gasteiger partial charge on any atom is 0.226 e. The van der Waals surface area contributed by atoms with Crippen molar-refractivity contribution in [2.75, 3.05) is 18.0 Å². The Morgan fingerprint density at radius 2 is 2.00 bits per heavy atom. The zero-order valence-electron chi connectivity index (χ0n) is 12.9. The maximum atomic E-state index is 8.93. The normalized spacial score (nSPS) is 15.4. The molecule has 3 aromatic rings. The first-order chi connectivity index (χ1) is 11.8. The second kappa shape index (κ2) is 6.12. The number of anilines is 1. The van der Waals surface area contributed by atoms with Crippen molar-refractivity contribution in [2.45, 2.75) is 18.9 Å². The van der Waals surface area contributed by atoms with Gasteiger partial charge in [0.05, 0.1) is 6.20 Å². The van der Waals surface area contributed by atoms with Crippen LogP contribution in [0.1, 0.15) is 18.5 Å². The molecule has 4 rings (SSSR count). The van der Waals surface area contributed by atoms with Gasteiger partial charge in [0, 0.05) is 50.5 Å². The predicted octanol–water partition coefficient (Wildman–Crippen LogP) is 1.44. The molecule has 4 heterocycles. The fourth-order valence-corrected chi connectivity index (χ4v) is 2.77. The average Bonchev–Trinajstić information content (AvgIpc) is 3.10. The van der Waals surface area contributed by atoms with E-state index in [0.717, 1.165) is 31.6 Å². The van der Waals surface area contributed by atoms with Crippen molar-refractivity contribution in [2.24, 2.45) is 0 Å². The monoisotopic (exact) mass is 321 g/mol. The minimum Gasteiger partial charge on any atom is -0.474 e. The second-order valence-corrected chi connectivity index (χ2v) is 5.56. The molecule has 3 aromatic heterocycles. The van der Waals surface area contributed by atoms with E-state index in [1.165, 1.54) is 0 Å². The summed E-state index contributed by atoms with van der Waals surface area (Å²) in [4.78, 5) is 15.0. The van der Waals surface area contributed by atoms with Crippen molar-refractivity contribution in [3.8, 4) is 11.9 Å². The lowest BCUT2D eigenvalue weighted by Crippen LogP contribution is -2.39. The standard InChI is InChI=1S/C16H15N7O/c17-11-12-1-6-18-16(20-12)22-8-3-13(4-9-22)24-15-5-10-23-14(21-15)2-7-19-23/h1-2,5-7,10,13H,3-4,8-9H2. The first-order valence-corrected chi connectivity index (χ1v) is 7.77. The van der Waals surface area contributed by atoms with Crippen molar-refractivity contribution in [3.63, 3.8) is 0 Å². The molecule has 0 radical (unpaired) electrons. The van der Waals surface area contributed by atoms with Gasteiger partial charge in [-0.1, -0.05) is 0 Å². The number of ether oxygens (including phenoxy) is 1. The zero-order valence-corrected chi connectivity index (χ0v) is 12.9. The van der Waals surface area contributed by atoms with Gasteiger partial charge in [-0.05, 0) is 6.07 Å². The van der Waals surface area contributed by atoms with Crippen LogP contribution in [0.25, 0.3) is 5.65 Å². The van der Waals surface area contributed by atoms with Crippen LogP contribution in [0.15, 0.2) is 36.8 Å². The number of nitriles is 1. The van der Waals surface area contributed by atoms with Crippen molar-refractivity contribution in [1.29, 1.82) is 5.26 Å². The third-order valence-corrected chi connectivity index (χ3v) is 4.00. The highest BCUT2D eigenvalue weighted by atomic mass is 16.5. The number of rotatable bonds is 3. The quantitative estimate of drug-likeness (QED) is 0.720. The van der Waals surface area contributed by atoms with E-state index in [1.54, 1.807) is 23.0 Å². The first-order valence-electron chi connectivity index (χ1n) is 7.77. The number of hydrogen-bond donors (Lipinski definition) is 0. The Hall–Kier alpha value is -3.21. The Morgan fingerprint density at radius 1 is 1.12 bits per heavy atom. The van der Waals surface area contributed by atoms with Gasteiger partial charge in [0.15, 0.2) is 5.65 Å². The van der Waals surface area contributed by atoms with Crippen LogP contribution in [0.4, 0.5) is 5.95 Å². The Morgan fingerprint density at radius 3 is 2.83 bits per heavy atom. The summed E-state index contributed by atoms with van der Waals surface area (Å²) in [5.74, 6) is 1.22. The Labute approximate surface area is 138 Å². The zero-order chi connectivity index (χ0) is 16.4. The number of piperidine rings is 1. The van der Waals surface area contributed by atoms with Crippen LogP contribution in [0.2, 0.25) is 0 Å². The van der Waals surface area contributed by atoms with Crippen LogP contribution in [0.5, 0.6) is 5.88 Å². The smallest absolute Gasteiger partial charge is 0.226 e. The largest absolute Gasteiger partial charge is 0.474 e. The topological polar surface area (TPSA) is 92.2 Å². The van der Waals surface area contributed by atoms with E-state index in [2.05, 4.69) is 25.0 Å². The fourth-order valence-electron chi connectivity index (χ4n) is 2.77. The molecular formula is C16H15N7O. The summed E-state index contributed by atoms with van der Waals surface area (Å²) in [6.45, 7) is 1.57. The lowest BCUT2D eigenvalue weighted by atomic mass is 10.1. The van der Waals surface area contributed by atoms with E-state index < -0.39 is 0 Å². The molecule has 1 fully saturated rings. The van der Waals surface area contributed by atoms with E-state index in [9.17, 15) is 0 Å². The van der Waals surface area contributed by atoms with Gasteiger partial charge in [0.1, 0.15) is 17.9 Å². The van der Waals surface area contributed by atoms with E-state index in [1.807, 2.05) is 24.4 Å². The fraction of sp³-hybridized carbons (Fsp3) is 0.312. The summed E-state index contributed by atoms with van der Waals surface area (Å²) in [5.41, 5.74) is 1.16. The Kier molecular flexibility index (Phi) is 3.67. The van der Waals surface area contributed by atoms with Crippen molar-refractivity contribution in [1.82, 2.24) is 24.6 Å². The number of fused-ring (bicyclic) bond motifs is 1.